The number of piperidine rings is 1. The second-order valence-corrected chi connectivity index (χ2v) is 15.2. The van der Waals surface area contributed by atoms with Crippen LogP contribution >= 0.6 is 20.1 Å². The van der Waals surface area contributed by atoms with Crippen molar-refractivity contribution in [3.63, 3.8) is 0 Å². The maximum absolute atomic E-state index is 12.9. The van der Waals surface area contributed by atoms with Gasteiger partial charge in [-0.1, -0.05) is 0 Å². The molecule has 3 aromatic carbocycles. The molecule has 0 aromatic heterocycles. The van der Waals surface area contributed by atoms with E-state index in [0.29, 0.717) is 29.8 Å². The van der Waals surface area contributed by atoms with Crippen molar-refractivity contribution < 1.29 is 19.1 Å². The summed E-state index contributed by atoms with van der Waals surface area (Å²) in [6, 6.07) is 22.7. The van der Waals surface area contributed by atoms with Crippen molar-refractivity contribution in [3.8, 4) is 11.1 Å². The Kier molecular flexibility index (Phi) is 10.5. The van der Waals surface area contributed by atoms with Gasteiger partial charge in [0, 0.05) is 17.7 Å². The van der Waals surface area contributed by atoms with Gasteiger partial charge in [0.1, 0.15) is 6.29 Å². The van der Waals surface area contributed by atoms with Gasteiger partial charge in [-0.2, -0.15) is 0 Å². The number of nitrogens with one attached hydrogen (secondary N) is 2. The molecule has 7 nitrogen and oxygen atoms in total. The van der Waals surface area contributed by atoms with Crippen molar-refractivity contribution in [1.82, 2.24) is 3.11 Å². The van der Waals surface area contributed by atoms with E-state index in [-0.39, 0.29) is 12.0 Å². The number of alkyl halides is 2. The molecule has 3 aromatic rings. The number of halogens is 1. The van der Waals surface area contributed by atoms with Crippen LogP contribution in [0.1, 0.15) is 41.6 Å². The third kappa shape index (κ3) is 8.63. The summed E-state index contributed by atoms with van der Waals surface area (Å²) in [6.45, 7) is 1.93. The van der Waals surface area contributed by atoms with E-state index in [1.807, 2.05) is 42.5 Å². The molecule has 0 spiro atoms. The summed E-state index contributed by atoms with van der Waals surface area (Å²) < 4.78 is 8.32. The third-order valence-corrected chi connectivity index (χ3v) is 10.3. The standard InChI is InChI=1S/C31H36IN3O4/c1-32(2)35-19-7-11-27(21-35)39-31(38)34-29-18-15-23(20-28(29)25-9-4-3-5-10-25)8-6-12-30(37)33-26-16-13-24(22-36)14-17-26/h3-5,9-10,13-18,20,22,27H,6-8,11-12,19,21H2,1-2H3,(H,33,37)(H,34,38). The molecule has 0 bridgehead atoms. The first kappa shape index (κ1) is 28.8. The van der Waals surface area contributed by atoms with Crippen molar-refractivity contribution in [2.24, 2.45) is 0 Å². The number of hydrogen-bond donors (Lipinski definition) is 2. The van der Waals surface area contributed by atoms with Crippen LogP contribution in [-0.4, -0.2) is 50.5 Å². The van der Waals surface area contributed by atoms with Gasteiger partial charge < -0.3 is 5.32 Å². The summed E-state index contributed by atoms with van der Waals surface area (Å²) in [5, 5.41) is 5.86. The number of amides is 2. The van der Waals surface area contributed by atoms with E-state index < -0.39 is 26.2 Å². The van der Waals surface area contributed by atoms with E-state index in [4.69, 9.17) is 4.74 Å². The molecule has 206 valence electrons. The molecule has 4 rings (SSSR count). The number of ether oxygens (including phenoxy) is 1. The number of anilines is 2. The quantitative estimate of drug-likeness (QED) is 0.110. The Bertz CT molecular complexity index is 1260. The summed E-state index contributed by atoms with van der Waals surface area (Å²) >= 11 is -1.08. The second-order valence-electron chi connectivity index (χ2n) is 9.77. The molecule has 0 radical (unpaired) electrons. The molecule has 0 saturated carbocycles. The van der Waals surface area contributed by atoms with E-state index in [1.165, 1.54) is 0 Å². The topological polar surface area (TPSA) is 87.7 Å². The molecular weight excluding hydrogens is 605 g/mol. The van der Waals surface area contributed by atoms with Gasteiger partial charge in [0.2, 0.25) is 5.91 Å². The SMILES string of the molecule is CI(C)N1CCCC(OC(=O)Nc2ccc(CCCC(=O)Nc3ccc(C=O)cc3)cc2-c2ccccc2)C1. The van der Waals surface area contributed by atoms with Crippen LogP contribution in [0.5, 0.6) is 0 Å². The average Bonchev–Trinajstić information content (AvgIpc) is 2.94. The minimum atomic E-state index is -1.08. The fraction of sp³-hybridized carbons (Fsp3) is 0.323. The Labute approximate surface area is 238 Å². The fourth-order valence-electron chi connectivity index (χ4n) is 4.62. The van der Waals surface area contributed by atoms with Crippen LogP contribution in [0.2, 0.25) is 0 Å². The molecule has 2 amide bonds. The van der Waals surface area contributed by atoms with Crippen molar-refractivity contribution >= 4 is 49.8 Å². The second kappa shape index (κ2) is 14.2. The van der Waals surface area contributed by atoms with Crippen molar-refractivity contribution in [1.29, 1.82) is 0 Å². The first-order valence-corrected chi connectivity index (χ1v) is 18.5. The maximum atomic E-state index is 12.9. The molecule has 2 N–H and O–H groups in total. The van der Waals surface area contributed by atoms with Crippen LogP contribution in [-0.2, 0) is 16.0 Å². The Balaban J connectivity index is 1.37. The Morgan fingerprint density at radius 2 is 1.79 bits per heavy atom. The van der Waals surface area contributed by atoms with Gasteiger partial charge in [0.25, 0.3) is 0 Å². The van der Waals surface area contributed by atoms with E-state index >= 15 is 0 Å². The molecule has 1 saturated heterocycles. The third-order valence-electron chi connectivity index (χ3n) is 6.69. The summed E-state index contributed by atoms with van der Waals surface area (Å²) in [6.07, 6.45) is 4.01. The first-order valence-electron chi connectivity index (χ1n) is 13.2. The number of aryl methyl sites for hydroxylation is 1. The molecule has 1 aliphatic heterocycles. The summed E-state index contributed by atoms with van der Waals surface area (Å²) in [5.41, 5.74) is 4.96. The summed E-state index contributed by atoms with van der Waals surface area (Å²) in [4.78, 5) is 40.7. The van der Waals surface area contributed by atoms with Crippen LogP contribution in [0.3, 0.4) is 0 Å². The summed E-state index contributed by atoms with van der Waals surface area (Å²) in [5.74, 6) is -0.0695. The Morgan fingerprint density at radius 1 is 1.03 bits per heavy atom. The number of benzene rings is 3. The molecule has 1 heterocycles. The first-order chi connectivity index (χ1) is 18.9. The molecule has 39 heavy (non-hydrogen) atoms. The monoisotopic (exact) mass is 641 g/mol. The summed E-state index contributed by atoms with van der Waals surface area (Å²) in [7, 11) is 0. The fourth-order valence-corrected chi connectivity index (χ4v) is 7.16. The zero-order chi connectivity index (χ0) is 27.6. The molecule has 1 atom stereocenters. The molecular formula is C31H36IN3O4. The van der Waals surface area contributed by atoms with Gasteiger partial charge in [-0.3, -0.25) is 9.59 Å². The predicted octanol–water partition coefficient (Wildman–Crippen LogP) is 6.82. The Morgan fingerprint density at radius 3 is 2.51 bits per heavy atom. The van der Waals surface area contributed by atoms with E-state index in [9.17, 15) is 14.4 Å². The number of hydrogen-bond acceptors (Lipinski definition) is 5. The van der Waals surface area contributed by atoms with Gasteiger partial charge in [0.15, 0.2) is 0 Å². The molecule has 0 aliphatic carbocycles. The van der Waals surface area contributed by atoms with Gasteiger partial charge in [0.05, 0.1) is 0 Å². The van der Waals surface area contributed by atoms with Gasteiger partial charge in [-0.25, -0.2) is 0 Å². The number of aldehydes is 1. The molecule has 1 fully saturated rings. The minimum absolute atomic E-state index is 0.0695. The number of nitrogens with zero attached hydrogens (tertiary/aromatic N) is 1. The average molecular weight is 642 g/mol. The Hall–Kier alpha value is -3.24. The number of rotatable bonds is 10. The van der Waals surface area contributed by atoms with Crippen molar-refractivity contribution in [3.05, 3.63) is 83.9 Å². The van der Waals surface area contributed by atoms with Gasteiger partial charge in [-0.05, 0) is 24.3 Å². The van der Waals surface area contributed by atoms with E-state index in [2.05, 4.69) is 29.7 Å². The van der Waals surface area contributed by atoms with Crippen LogP contribution in [0, 0.1) is 0 Å². The van der Waals surface area contributed by atoms with E-state index in [0.717, 1.165) is 55.3 Å². The van der Waals surface area contributed by atoms with Crippen LogP contribution < -0.4 is 10.6 Å². The van der Waals surface area contributed by atoms with E-state index in [1.54, 1.807) is 24.3 Å². The van der Waals surface area contributed by atoms with Crippen molar-refractivity contribution in [2.45, 2.75) is 38.2 Å². The van der Waals surface area contributed by atoms with Crippen LogP contribution in [0.15, 0.2) is 72.8 Å². The van der Waals surface area contributed by atoms with Gasteiger partial charge >= 0.3 is 170 Å². The van der Waals surface area contributed by atoms with Crippen molar-refractivity contribution in [2.75, 3.05) is 33.6 Å². The molecule has 1 unspecified atom stereocenters. The zero-order valence-corrected chi connectivity index (χ0v) is 24.6. The van der Waals surface area contributed by atoms with Gasteiger partial charge in [-0.15, -0.1) is 0 Å². The molecule has 8 heteroatoms. The number of carbonyl (C=O) groups is 3. The predicted molar refractivity (Wildman–Crippen MR) is 166 cm³/mol. The number of carbonyl (C=O) groups excluding carboxylic acids is 3. The zero-order valence-electron chi connectivity index (χ0n) is 22.5. The molecule has 1 aliphatic rings. The van der Waals surface area contributed by atoms with Crippen LogP contribution in [0.25, 0.3) is 11.1 Å². The van der Waals surface area contributed by atoms with Crippen LogP contribution in [0.4, 0.5) is 16.2 Å². The normalized spacial score (nSPS) is 15.7.